The standard InChI is InChI=1S/C16H25N3O2/c1-12(2)18(11-15-7-5-9-17-15)13(3)14-6-4-8-16(10-14)19(20)21/h4,6,8,10,12-13,15,17H,5,7,9,11H2,1-3H3. The maximum absolute atomic E-state index is 10.9. The maximum Gasteiger partial charge on any atom is 0.269 e. The Hall–Kier alpha value is -1.46. The Kier molecular flexibility index (Phi) is 5.31. The van der Waals surface area contributed by atoms with Crippen molar-refractivity contribution in [2.24, 2.45) is 0 Å². The Morgan fingerprint density at radius 3 is 2.76 bits per heavy atom. The predicted octanol–water partition coefficient (Wildman–Crippen LogP) is 3.12. The van der Waals surface area contributed by atoms with Crippen LogP contribution in [0.1, 0.15) is 45.2 Å². The molecule has 116 valence electrons. The molecule has 0 bridgehead atoms. The average molecular weight is 291 g/mol. The number of benzene rings is 1. The Balaban J connectivity index is 2.15. The molecular formula is C16H25N3O2. The molecule has 1 aromatic rings. The third kappa shape index (κ3) is 4.02. The zero-order valence-corrected chi connectivity index (χ0v) is 13.1. The zero-order chi connectivity index (χ0) is 15.4. The number of non-ortho nitro benzene ring substituents is 1. The van der Waals surface area contributed by atoms with Crippen LogP contribution >= 0.6 is 0 Å². The SMILES string of the molecule is CC(C)N(CC1CCCN1)C(C)c1cccc([N+](=O)[O-])c1. The molecule has 1 saturated heterocycles. The van der Waals surface area contributed by atoms with Crippen LogP contribution < -0.4 is 5.32 Å². The minimum atomic E-state index is -0.325. The van der Waals surface area contributed by atoms with Gasteiger partial charge < -0.3 is 5.32 Å². The van der Waals surface area contributed by atoms with Crippen molar-refractivity contribution >= 4 is 5.69 Å². The molecule has 0 aromatic heterocycles. The van der Waals surface area contributed by atoms with Gasteiger partial charge in [-0.3, -0.25) is 15.0 Å². The molecule has 5 heteroatoms. The van der Waals surface area contributed by atoms with Crippen molar-refractivity contribution in [2.75, 3.05) is 13.1 Å². The van der Waals surface area contributed by atoms with E-state index in [9.17, 15) is 10.1 Å². The first kappa shape index (κ1) is 15.9. The monoisotopic (exact) mass is 291 g/mol. The summed E-state index contributed by atoms with van der Waals surface area (Å²) in [6.07, 6.45) is 2.45. The van der Waals surface area contributed by atoms with E-state index >= 15 is 0 Å². The van der Waals surface area contributed by atoms with E-state index in [1.165, 1.54) is 12.8 Å². The van der Waals surface area contributed by atoms with Gasteiger partial charge in [-0.1, -0.05) is 12.1 Å². The molecule has 21 heavy (non-hydrogen) atoms. The average Bonchev–Trinajstić information content (AvgIpc) is 2.97. The van der Waals surface area contributed by atoms with Crippen LogP contribution in [0.4, 0.5) is 5.69 Å². The Bertz CT molecular complexity index is 484. The first-order valence-electron chi connectivity index (χ1n) is 7.72. The molecule has 5 nitrogen and oxygen atoms in total. The van der Waals surface area contributed by atoms with Gasteiger partial charge in [-0.05, 0) is 45.7 Å². The Morgan fingerprint density at radius 1 is 1.43 bits per heavy atom. The van der Waals surface area contributed by atoms with Crippen LogP contribution in [0.3, 0.4) is 0 Å². The summed E-state index contributed by atoms with van der Waals surface area (Å²) in [5.74, 6) is 0. The number of rotatable bonds is 6. The van der Waals surface area contributed by atoms with E-state index in [4.69, 9.17) is 0 Å². The quantitative estimate of drug-likeness (QED) is 0.646. The summed E-state index contributed by atoms with van der Waals surface area (Å²) in [5.41, 5.74) is 1.18. The van der Waals surface area contributed by atoms with E-state index < -0.39 is 0 Å². The Labute approximate surface area is 126 Å². The fraction of sp³-hybridized carbons (Fsp3) is 0.625. The molecule has 0 radical (unpaired) electrons. The molecule has 1 N–H and O–H groups in total. The van der Waals surface area contributed by atoms with E-state index in [2.05, 4.69) is 31.0 Å². The van der Waals surface area contributed by atoms with E-state index in [0.717, 1.165) is 18.7 Å². The molecule has 0 spiro atoms. The van der Waals surface area contributed by atoms with Crippen LogP contribution in [0.25, 0.3) is 0 Å². The highest BCUT2D eigenvalue weighted by Gasteiger charge is 2.25. The van der Waals surface area contributed by atoms with Crippen molar-refractivity contribution in [1.82, 2.24) is 10.2 Å². The van der Waals surface area contributed by atoms with Crippen molar-refractivity contribution in [3.8, 4) is 0 Å². The van der Waals surface area contributed by atoms with E-state index in [1.54, 1.807) is 18.2 Å². The molecule has 2 atom stereocenters. The second kappa shape index (κ2) is 7.00. The molecule has 1 fully saturated rings. The van der Waals surface area contributed by atoms with Gasteiger partial charge in [0.1, 0.15) is 0 Å². The minimum Gasteiger partial charge on any atom is -0.313 e. The zero-order valence-electron chi connectivity index (χ0n) is 13.1. The third-order valence-electron chi connectivity index (χ3n) is 4.32. The van der Waals surface area contributed by atoms with E-state index in [0.29, 0.717) is 12.1 Å². The number of nitro groups is 1. The van der Waals surface area contributed by atoms with Gasteiger partial charge in [0.25, 0.3) is 5.69 Å². The summed E-state index contributed by atoms with van der Waals surface area (Å²) in [6, 6.07) is 8.12. The van der Waals surface area contributed by atoms with Crippen molar-refractivity contribution in [1.29, 1.82) is 0 Å². The van der Waals surface area contributed by atoms with Gasteiger partial charge in [0.2, 0.25) is 0 Å². The van der Waals surface area contributed by atoms with Gasteiger partial charge in [0.15, 0.2) is 0 Å². The lowest BCUT2D eigenvalue weighted by Crippen LogP contribution is -2.42. The highest BCUT2D eigenvalue weighted by molar-refractivity contribution is 5.35. The predicted molar refractivity (Wildman–Crippen MR) is 84.4 cm³/mol. The van der Waals surface area contributed by atoms with Gasteiger partial charge in [-0.2, -0.15) is 0 Å². The van der Waals surface area contributed by atoms with E-state index in [1.807, 2.05) is 6.07 Å². The second-order valence-electron chi connectivity index (χ2n) is 6.11. The van der Waals surface area contributed by atoms with Crippen LogP contribution in [-0.4, -0.2) is 35.0 Å². The maximum atomic E-state index is 10.9. The number of hydrogen-bond donors (Lipinski definition) is 1. The summed E-state index contributed by atoms with van der Waals surface area (Å²) in [5, 5.41) is 14.5. The first-order valence-corrected chi connectivity index (χ1v) is 7.72. The molecule has 1 heterocycles. The van der Waals surface area contributed by atoms with Crippen LogP contribution in [0, 0.1) is 10.1 Å². The first-order chi connectivity index (χ1) is 9.99. The summed E-state index contributed by atoms with van der Waals surface area (Å²) >= 11 is 0. The van der Waals surface area contributed by atoms with Crippen LogP contribution in [0.2, 0.25) is 0 Å². The molecule has 2 unspecified atom stereocenters. The van der Waals surface area contributed by atoms with Gasteiger partial charge in [0.05, 0.1) is 4.92 Å². The fourth-order valence-electron chi connectivity index (χ4n) is 3.07. The van der Waals surface area contributed by atoms with Crippen LogP contribution in [0.15, 0.2) is 24.3 Å². The normalized spacial score (nSPS) is 20.1. The molecule has 1 aromatic carbocycles. The van der Waals surface area contributed by atoms with Gasteiger partial charge in [-0.15, -0.1) is 0 Å². The molecule has 1 aliphatic heterocycles. The van der Waals surface area contributed by atoms with E-state index in [-0.39, 0.29) is 16.7 Å². The topological polar surface area (TPSA) is 58.4 Å². The molecule has 0 amide bonds. The lowest BCUT2D eigenvalue weighted by molar-refractivity contribution is -0.385. The third-order valence-corrected chi connectivity index (χ3v) is 4.32. The summed E-state index contributed by atoms with van der Waals surface area (Å²) < 4.78 is 0. The molecule has 0 aliphatic carbocycles. The summed E-state index contributed by atoms with van der Waals surface area (Å²) in [6.45, 7) is 8.59. The summed E-state index contributed by atoms with van der Waals surface area (Å²) in [7, 11) is 0. The number of nitro benzene ring substituents is 1. The van der Waals surface area contributed by atoms with Crippen molar-refractivity contribution in [3.05, 3.63) is 39.9 Å². The highest BCUT2D eigenvalue weighted by atomic mass is 16.6. The van der Waals surface area contributed by atoms with Crippen molar-refractivity contribution < 1.29 is 4.92 Å². The number of nitrogens with zero attached hydrogens (tertiary/aromatic N) is 2. The lowest BCUT2D eigenvalue weighted by Gasteiger charge is -2.35. The van der Waals surface area contributed by atoms with Crippen molar-refractivity contribution in [3.63, 3.8) is 0 Å². The fourth-order valence-corrected chi connectivity index (χ4v) is 3.07. The molecular weight excluding hydrogens is 266 g/mol. The van der Waals surface area contributed by atoms with Crippen LogP contribution in [-0.2, 0) is 0 Å². The number of nitrogens with one attached hydrogen (secondary N) is 1. The van der Waals surface area contributed by atoms with Crippen LogP contribution in [0.5, 0.6) is 0 Å². The molecule has 2 rings (SSSR count). The largest absolute Gasteiger partial charge is 0.313 e. The lowest BCUT2D eigenvalue weighted by atomic mass is 10.0. The summed E-state index contributed by atoms with van der Waals surface area (Å²) in [4.78, 5) is 13.0. The molecule has 1 aliphatic rings. The number of hydrogen-bond acceptors (Lipinski definition) is 4. The Morgan fingerprint density at radius 2 is 2.19 bits per heavy atom. The van der Waals surface area contributed by atoms with Gasteiger partial charge in [0, 0.05) is 36.8 Å². The smallest absolute Gasteiger partial charge is 0.269 e. The minimum absolute atomic E-state index is 0.169. The van der Waals surface area contributed by atoms with Gasteiger partial charge in [-0.25, -0.2) is 0 Å². The second-order valence-corrected chi connectivity index (χ2v) is 6.11. The van der Waals surface area contributed by atoms with Gasteiger partial charge >= 0.3 is 0 Å². The van der Waals surface area contributed by atoms with Crippen molar-refractivity contribution in [2.45, 2.75) is 51.7 Å². The molecule has 0 saturated carbocycles. The highest BCUT2D eigenvalue weighted by Crippen LogP contribution is 2.26.